The number of amides is 1. The van der Waals surface area contributed by atoms with Gasteiger partial charge in [0, 0.05) is 66.4 Å². The Morgan fingerprint density at radius 1 is 1.14 bits per heavy atom. The molecule has 1 atom stereocenters. The lowest BCUT2D eigenvalue weighted by molar-refractivity contribution is -0.145. The number of aliphatic carboxylic acids is 1. The maximum absolute atomic E-state index is 12.5. The molecule has 2 fully saturated rings. The van der Waals surface area contributed by atoms with Gasteiger partial charge in [-0.2, -0.15) is 0 Å². The van der Waals surface area contributed by atoms with Crippen molar-refractivity contribution in [2.75, 3.05) is 59.0 Å². The molecule has 1 aromatic heterocycles. The van der Waals surface area contributed by atoms with E-state index in [9.17, 15) is 14.7 Å². The molecule has 4 rings (SSSR count). The van der Waals surface area contributed by atoms with Crippen LogP contribution in [0.4, 0.5) is 0 Å². The average molecular weight is 465 g/mol. The number of piperazine rings is 1. The number of fused-ring (bicyclic) bond motifs is 1. The Morgan fingerprint density at radius 3 is 2.55 bits per heavy atom. The number of hydrogen-bond acceptors (Lipinski definition) is 5. The number of carbonyl (C=O) groups excluding carboxylic acids is 1. The van der Waals surface area contributed by atoms with E-state index < -0.39 is 12.0 Å². The van der Waals surface area contributed by atoms with Gasteiger partial charge in [-0.15, -0.1) is 0 Å². The summed E-state index contributed by atoms with van der Waals surface area (Å²) in [5.41, 5.74) is 1.69. The van der Waals surface area contributed by atoms with Crippen molar-refractivity contribution in [3.8, 4) is 0 Å². The predicted molar refractivity (Wildman–Crippen MR) is 112 cm³/mol. The number of H-pyrrole nitrogens is 1. The number of carboxylic acid groups (broad SMARTS) is 1. The monoisotopic (exact) mass is 464 g/mol. The third-order valence-electron chi connectivity index (χ3n) is 5.70. The lowest BCUT2D eigenvalue weighted by atomic mass is 10.0. The molecule has 2 aromatic rings. The standard InChI is InChI=1S/C20H25BrN4O4/c21-14-1-2-15-16(12-22-17(15)11-14)19(20(27)28)25-5-3-23(4-6-25)13-18(26)24-7-9-29-10-8-24/h1-2,11-12,19,22H,3-10,13H2,(H,27,28)/t19-/m0/s1. The molecule has 2 aliphatic rings. The Bertz CT molecular complexity index is 888. The lowest BCUT2D eigenvalue weighted by Gasteiger charge is -2.38. The van der Waals surface area contributed by atoms with Gasteiger partial charge < -0.3 is 19.7 Å². The minimum absolute atomic E-state index is 0.124. The summed E-state index contributed by atoms with van der Waals surface area (Å²) in [5.74, 6) is -0.731. The van der Waals surface area contributed by atoms with Gasteiger partial charge >= 0.3 is 5.97 Å². The molecule has 29 heavy (non-hydrogen) atoms. The molecular weight excluding hydrogens is 440 g/mol. The quantitative estimate of drug-likeness (QED) is 0.697. The number of ether oxygens (including phenoxy) is 1. The van der Waals surface area contributed by atoms with E-state index >= 15 is 0 Å². The molecule has 0 bridgehead atoms. The first kappa shape index (κ1) is 20.3. The summed E-state index contributed by atoms with van der Waals surface area (Å²) >= 11 is 3.45. The minimum atomic E-state index is -0.855. The van der Waals surface area contributed by atoms with E-state index in [0.717, 1.165) is 20.9 Å². The number of aromatic amines is 1. The number of nitrogens with one attached hydrogen (secondary N) is 1. The fourth-order valence-electron chi connectivity index (χ4n) is 4.12. The number of aromatic nitrogens is 1. The Hall–Kier alpha value is -1.94. The van der Waals surface area contributed by atoms with Crippen molar-refractivity contribution in [2.24, 2.45) is 0 Å². The summed E-state index contributed by atoms with van der Waals surface area (Å²) < 4.78 is 6.25. The van der Waals surface area contributed by atoms with Crippen LogP contribution in [0.5, 0.6) is 0 Å². The molecule has 8 nitrogen and oxygen atoms in total. The van der Waals surface area contributed by atoms with Gasteiger partial charge in [0.05, 0.1) is 19.8 Å². The second-order valence-electron chi connectivity index (χ2n) is 7.48. The lowest BCUT2D eigenvalue weighted by Crippen LogP contribution is -2.52. The second kappa shape index (κ2) is 8.83. The summed E-state index contributed by atoms with van der Waals surface area (Å²) in [4.78, 5) is 33.7. The molecule has 156 valence electrons. The smallest absolute Gasteiger partial charge is 0.325 e. The Morgan fingerprint density at radius 2 is 1.86 bits per heavy atom. The maximum atomic E-state index is 12.5. The van der Waals surface area contributed by atoms with Crippen molar-refractivity contribution >= 4 is 38.7 Å². The van der Waals surface area contributed by atoms with Gasteiger partial charge in [-0.3, -0.25) is 19.4 Å². The number of carbonyl (C=O) groups is 2. The number of rotatable bonds is 5. The summed E-state index contributed by atoms with van der Waals surface area (Å²) in [6.07, 6.45) is 1.80. The van der Waals surface area contributed by atoms with Gasteiger partial charge in [0.2, 0.25) is 5.91 Å². The third kappa shape index (κ3) is 4.48. The predicted octanol–water partition coefficient (Wildman–Crippen LogP) is 1.53. The van der Waals surface area contributed by atoms with Gasteiger partial charge in [-0.05, 0) is 12.1 Å². The SMILES string of the molecule is O=C(O)[C@H](c1c[nH]c2cc(Br)ccc12)N1CCN(CC(=O)N2CCOCC2)CC1. The highest BCUT2D eigenvalue weighted by molar-refractivity contribution is 9.10. The number of carboxylic acids is 1. The van der Waals surface area contributed by atoms with Gasteiger partial charge in [0.1, 0.15) is 6.04 Å². The van der Waals surface area contributed by atoms with Gasteiger partial charge in [-0.25, -0.2) is 0 Å². The van der Waals surface area contributed by atoms with Crippen LogP contribution >= 0.6 is 15.9 Å². The fourth-order valence-corrected chi connectivity index (χ4v) is 4.48. The minimum Gasteiger partial charge on any atom is -0.480 e. The van der Waals surface area contributed by atoms with Crippen molar-refractivity contribution in [2.45, 2.75) is 6.04 Å². The van der Waals surface area contributed by atoms with E-state index in [1.807, 2.05) is 28.0 Å². The van der Waals surface area contributed by atoms with Crippen molar-refractivity contribution < 1.29 is 19.4 Å². The van der Waals surface area contributed by atoms with Crippen molar-refractivity contribution in [1.29, 1.82) is 0 Å². The van der Waals surface area contributed by atoms with Gasteiger partial charge in [0.15, 0.2) is 0 Å². The largest absolute Gasteiger partial charge is 0.480 e. The normalized spacial score (nSPS) is 20.1. The summed E-state index contributed by atoms with van der Waals surface area (Å²) in [6.45, 7) is 5.44. The summed E-state index contributed by atoms with van der Waals surface area (Å²) in [6, 6.07) is 5.11. The number of halogens is 1. The summed E-state index contributed by atoms with van der Waals surface area (Å²) in [5, 5.41) is 10.9. The molecule has 0 spiro atoms. The molecule has 2 N–H and O–H groups in total. The Labute approximate surface area is 177 Å². The van der Waals surface area contributed by atoms with Crippen LogP contribution in [0.15, 0.2) is 28.9 Å². The number of morpholine rings is 1. The molecule has 2 aliphatic heterocycles. The molecule has 1 aromatic carbocycles. The third-order valence-corrected chi connectivity index (χ3v) is 6.19. The van der Waals surface area contributed by atoms with E-state index in [1.165, 1.54) is 0 Å². The molecule has 3 heterocycles. The van der Waals surface area contributed by atoms with Crippen LogP contribution in [-0.4, -0.2) is 95.7 Å². The highest BCUT2D eigenvalue weighted by Crippen LogP contribution is 2.31. The van der Waals surface area contributed by atoms with E-state index in [0.29, 0.717) is 59.0 Å². The number of nitrogens with zero attached hydrogens (tertiary/aromatic N) is 3. The first-order valence-electron chi connectivity index (χ1n) is 9.84. The van der Waals surface area contributed by atoms with E-state index in [2.05, 4.69) is 25.8 Å². The zero-order valence-electron chi connectivity index (χ0n) is 16.1. The van der Waals surface area contributed by atoms with E-state index in [-0.39, 0.29) is 5.91 Å². The first-order valence-corrected chi connectivity index (χ1v) is 10.6. The molecule has 0 aliphatic carbocycles. The second-order valence-corrected chi connectivity index (χ2v) is 8.40. The molecule has 1 amide bonds. The Balaban J connectivity index is 1.41. The zero-order valence-corrected chi connectivity index (χ0v) is 17.7. The van der Waals surface area contributed by atoms with Crippen molar-refractivity contribution in [1.82, 2.24) is 19.7 Å². The van der Waals surface area contributed by atoms with Gasteiger partial charge in [0.25, 0.3) is 0 Å². The number of benzene rings is 1. The average Bonchev–Trinajstić information content (AvgIpc) is 3.12. The van der Waals surface area contributed by atoms with Gasteiger partial charge in [-0.1, -0.05) is 22.0 Å². The highest BCUT2D eigenvalue weighted by Gasteiger charge is 2.32. The van der Waals surface area contributed by atoms with Crippen LogP contribution in [0.25, 0.3) is 10.9 Å². The molecule has 0 saturated carbocycles. The van der Waals surface area contributed by atoms with Crippen LogP contribution in [0, 0.1) is 0 Å². The van der Waals surface area contributed by atoms with Crippen LogP contribution in [0.1, 0.15) is 11.6 Å². The van der Waals surface area contributed by atoms with Crippen molar-refractivity contribution in [3.63, 3.8) is 0 Å². The summed E-state index contributed by atoms with van der Waals surface area (Å²) in [7, 11) is 0. The molecule has 9 heteroatoms. The van der Waals surface area contributed by atoms with Crippen LogP contribution in [0.2, 0.25) is 0 Å². The first-order chi connectivity index (χ1) is 14.0. The van der Waals surface area contributed by atoms with E-state index in [1.54, 1.807) is 6.20 Å². The fraction of sp³-hybridized carbons (Fsp3) is 0.500. The molecule has 0 unspecified atom stereocenters. The van der Waals surface area contributed by atoms with Crippen LogP contribution in [0.3, 0.4) is 0 Å². The van der Waals surface area contributed by atoms with Crippen LogP contribution in [-0.2, 0) is 14.3 Å². The molecule has 0 radical (unpaired) electrons. The maximum Gasteiger partial charge on any atom is 0.325 e. The topological polar surface area (TPSA) is 89.1 Å². The van der Waals surface area contributed by atoms with Crippen molar-refractivity contribution in [3.05, 3.63) is 34.4 Å². The number of hydrogen-bond donors (Lipinski definition) is 2. The van der Waals surface area contributed by atoms with E-state index in [4.69, 9.17) is 4.74 Å². The van der Waals surface area contributed by atoms with Crippen LogP contribution < -0.4 is 0 Å². The Kier molecular flexibility index (Phi) is 6.19. The highest BCUT2D eigenvalue weighted by atomic mass is 79.9. The molecule has 2 saturated heterocycles. The zero-order chi connectivity index (χ0) is 20.4. The molecular formula is C20H25BrN4O4.